The molecule has 3 rings (SSSR count). The van der Waals surface area contributed by atoms with Crippen LogP contribution in [0.3, 0.4) is 0 Å². The first kappa shape index (κ1) is 12.0. The molecule has 2 heterocycles. The first-order chi connectivity index (χ1) is 9.15. The molecular formula is C14H14O5. The monoisotopic (exact) mass is 262 g/mol. The van der Waals surface area contributed by atoms with Crippen LogP contribution in [0.15, 0.2) is 27.4 Å². The molecule has 5 heteroatoms. The van der Waals surface area contributed by atoms with Gasteiger partial charge in [-0.2, -0.15) is 0 Å². The van der Waals surface area contributed by atoms with E-state index in [1.54, 1.807) is 0 Å². The average Bonchev–Trinajstić information content (AvgIpc) is 2.41. The summed E-state index contributed by atoms with van der Waals surface area (Å²) < 4.78 is 10.4. The third-order valence-electron chi connectivity index (χ3n) is 3.53. The molecule has 1 aliphatic heterocycles. The van der Waals surface area contributed by atoms with Crippen molar-refractivity contribution in [2.24, 2.45) is 0 Å². The highest BCUT2D eigenvalue weighted by molar-refractivity contribution is 5.84. The van der Waals surface area contributed by atoms with E-state index in [0.29, 0.717) is 24.2 Å². The molecule has 1 saturated heterocycles. The molecule has 0 atom stereocenters. The Hall–Kier alpha value is -2.01. The Labute approximate surface area is 109 Å². The summed E-state index contributed by atoms with van der Waals surface area (Å²) in [6.07, 6.45) is 1.67. The van der Waals surface area contributed by atoms with E-state index in [2.05, 4.69) is 0 Å². The molecule has 0 radical (unpaired) electrons. The molecule has 1 aromatic heterocycles. The molecule has 1 fully saturated rings. The quantitative estimate of drug-likeness (QED) is 0.607. The summed E-state index contributed by atoms with van der Waals surface area (Å²) in [7, 11) is 0. The Morgan fingerprint density at radius 3 is 2.47 bits per heavy atom. The lowest BCUT2D eigenvalue weighted by molar-refractivity contribution is 0.0855. The lowest BCUT2D eigenvalue weighted by Gasteiger charge is -2.23. The van der Waals surface area contributed by atoms with Crippen LogP contribution in [0.25, 0.3) is 11.0 Å². The first-order valence-electron chi connectivity index (χ1n) is 6.22. The minimum Gasteiger partial charge on any atom is -0.504 e. The summed E-state index contributed by atoms with van der Waals surface area (Å²) >= 11 is 0. The van der Waals surface area contributed by atoms with E-state index in [1.165, 1.54) is 18.2 Å². The Balaban J connectivity index is 2.21. The number of hydrogen-bond acceptors (Lipinski definition) is 5. The predicted octanol–water partition coefficient (Wildman–Crippen LogP) is 2.10. The molecule has 0 amide bonds. The van der Waals surface area contributed by atoms with E-state index < -0.39 is 5.63 Å². The van der Waals surface area contributed by atoms with E-state index in [1.807, 2.05) is 0 Å². The number of phenols is 2. The molecule has 100 valence electrons. The molecule has 0 unspecified atom stereocenters. The van der Waals surface area contributed by atoms with Gasteiger partial charge in [-0.1, -0.05) is 0 Å². The van der Waals surface area contributed by atoms with Crippen molar-refractivity contribution in [1.82, 2.24) is 0 Å². The SMILES string of the molecule is O=c1cc(C2CCOCC2)c2cc(O)c(O)cc2o1. The van der Waals surface area contributed by atoms with Gasteiger partial charge in [-0.25, -0.2) is 4.79 Å². The van der Waals surface area contributed by atoms with Crippen LogP contribution in [0.1, 0.15) is 24.3 Å². The minimum absolute atomic E-state index is 0.212. The Kier molecular flexibility index (Phi) is 2.91. The largest absolute Gasteiger partial charge is 0.504 e. The smallest absolute Gasteiger partial charge is 0.336 e. The van der Waals surface area contributed by atoms with Gasteiger partial charge in [0.1, 0.15) is 5.58 Å². The third-order valence-corrected chi connectivity index (χ3v) is 3.53. The molecular weight excluding hydrogens is 248 g/mol. The molecule has 0 bridgehead atoms. The maximum Gasteiger partial charge on any atom is 0.336 e. The number of benzene rings is 1. The van der Waals surface area contributed by atoms with Crippen LogP contribution in [0.4, 0.5) is 0 Å². The second-order valence-corrected chi connectivity index (χ2v) is 4.74. The van der Waals surface area contributed by atoms with E-state index in [4.69, 9.17) is 9.15 Å². The van der Waals surface area contributed by atoms with Gasteiger partial charge in [0.15, 0.2) is 11.5 Å². The van der Waals surface area contributed by atoms with Gasteiger partial charge in [0.05, 0.1) is 0 Å². The van der Waals surface area contributed by atoms with Gasteiger partial charge in [0.25, 0.3) is 0 Å². The molecule has 1 aliphatic rings. The number of phenolic OH excluding ortho intramolecular Hbond substituents is 2. The minimum atomic E-state index is -0.445. The number of hydrogen-bond donors (Lipinski definition) is 2. The van der Waals surface area contributed by atoms with Gasteiger partial charge < -0.3 is 19.4 Å². The highest BCUT2D eigenvalue weighted by atomic mass is 16.5. The van der Waals surface area contributed by atoms with Gasteiger partial charge in [-0.3, -0.25) is 0 Å². The molecule has 19 heavy (non-hydrogen) atoms. The molecule has 5 nitrogen and oxygen atoms in total. The van der Waals surface area contributed by atoms with Crippen LogP contribution >= 0.6 is 0 Å². The Bertz CT molecular complexity index is 667. The molecule has 2 N–H and O–H groups in total. The van der Waals surface area contributed by atoms with Crippen LogP contribution in [0.5, 0.6) is 11.5 Å². The van der Waals surface area contributed by atoms with Crippen LogP contribution < -0.4 is 5.63 Å². The topological polar surface area (TPSA) is 79.9 Å². The second-order valence-electron chi connectivity index (χ2n) is 4.74. The lowest BCUT2D eigenvalue weighted by atomic mass is 9.89. The van der Waals surface area contributed by atoms with Gasteiger partial charge >= 0.3 is 5.63 Å². The maximum absolute atomic E-state index is 11.6. The fourth-order valence-corrected chi connectivity index (χ4v) is 2.56. The van der Waals surface area contributed by atoms with Crippen molar-refractivity contribution >= 4 is 11.0 Å². The van der Waals surface area contributed by atoms with E-state index in [0.717, 1.165) is 18.4 Å². The molecule has 2 aromatic rings. The number of ether oxygens (including phenoxy) is 1. The van der Waals surface area contributed by atoms with Gasteiger partial charge in [0, 0.05) is 30.7 Å². The first-order valence-corrected chi connectivity index (χ1v) is 6.22. The van der Waals surface area contributed by atoms with Crippen molar-refractivity contribution in [3.05, 3.63) is 34.2 Å². The van der Waals surface area contributed by atoms with Crippen LogP contribution in [-0.2, 0) is 4.74 Å². The average molecular weight is 262 g/mol. The highest BCUT2D eigenvalue weighted by Gasteiger charge is 2.20. The number of aromatic hydroxyl groups is 2. The molecule has 1 aromatic carbocycles. The van der Waals surface area contributed by atoms with Crippen LogP contribution in [-0.4, -0.2) is 23.4 Å². The van der Waals surface area contributed by atoms with Crippen molar-refractivity contribution in [3.8, 4) is 11.5 Å². The highest BCUT2D eigenvalue weighted by Crippen LogP contribution is 2.36. The predicted molar refractivity (Wildman–Crippen MR) is 68.6 cm³/mol. The van der Waals surface area contributed by atoms with Crippen molar-refractivity contribution < 1.29 is 19.4 Å². The van der Waals surface area contributed by atoms with Gasteiger partial charge in [-0.05, 0) is 30.4 Å². The fourth-order valence-electron chi connectivity index (χ4n) is 2.56. The normalized spacial score (nSPS) is 16.8. The van der Waals surface area contributed by atoms with E-state index >= 15 is 0 Å². The van der Waals surface area contributed by atoms with Gasteiger partial charge in [-0.15, -0.1) is 0 Å². The zero-order chi connectivity index (χ0) is 13.4. The third kappa shape index (κ3) is 2.17. The van der Waals surface area contributed by atoms with Crippen molar-refractivity contribution in [2.45, 2.75) is 18.8 Å². The molecule has 0 saturated carbocycles. The summed E-state index contributed by atoms with van der Waals surface area (Å²) in [6.45, 7) is 1.33. The maximum atomic E-state index is 11.6. The second kappa shape index (κ2) is 4.59. The van der Waals surface area contributed by atoms with Crippen LogP contribution in [0.2, 0.25) is 0 Å². The van der Waals surface area contributed by atoms with E-state index in [-0.39, 0.29) is 17.4 Å². The summed E-state index contributed by atoms with van der Waals surface area (Å²) in [5.74, 6) is -0.293. The molecule has 0 aliphatic carbocycles. The Morgan fingerprint density at radius 2 is 1.74 bits per heavy atom. The standard InChI is InChI=1S/C14H14O5/c15-11-5-10-9(8-1-3-18-4-2-8)6-14(17)19-13(10)7-12(11)16/h5-8,15-16H,1-4H2. The summed E-state index contributed by atoms with van der Waals surface area (Å²) in [5, 5.41) is 19.8. The Morgan fingerprint density at radius 1 is 1.05 bits per heavy atom. The summed E-state index contributed by atoms with van der Waals surface area (Å²) in [4.78, 5) is 11.6. The zero-order valence-electron chi connectivity index (χ0n) is 10.3. The van der Waals surface area contributed by atoms with Crippen LogP contribution in [0, 0.1) is 0 Å². The zero-order valence-corrected chi connectivity index (χ0v) is 10.3. The summed E-state index contributed by atoms with van der Waals surface area (Å²) in [6, 6.07) is 4.18. The number of rotatable bonds is 1. The van der Waals surface area contributed by atoms with Crippen molar-refractivity contribution in [2.75, 3.05) is 13.2 Å². The van der Waals surface area contributed by atoms with E-state index in [9.17, 15) is 15.0 Å². The molecule has 0 spiro atoms. The lowest BCUT2D eigenvalue weighted by Crippen LogP contribution is -2.16. The summed E-state index contributed by atoms with van der Waals surface area (Å²) in [5.41, 5.74) is 0.702. The van der Waals surface area contributed by atoms with Crippen molar-refractivity contribution in [1.29, 1.82) is 0 Å². The van der Waals surface area contributed by atoms with Crippen molar-refractivity contribution in [3.63, 3.8) is 0 Å². The number of fused-ring (bicyclic) bond motifs is 1. The van der Waals surface area contributed by atoms with Gasteiger partial charge in [0.2, 0.25) is 0 Å². The fraction of sp³-hybridized carbons (Fsp3) is 0.357.